The second kappa shape index (κ2) is 7.81. The van der Waals surface area contributed by atoms with Gasteiger partial charge in [-0.2, -0.15) is 0 Å². The Bertz CT molecular complexity index is 1010. The smallest absolute Gasteiger partial charge is 0.321 e. The fourth-order valence-corrected chi connectivity index (χ4v) is 3.51. The quantitative estimate of drug-likeness (QED) is 0.708. The van der Waals surface area contributed by atoms with Crippen LogP contribution >= 0.6 is 11.6 Å². The minimum absolute atomic E-state index is 0.100. The van der Waals surface area contributed by atoms with Crippen molar-refractivity contribution in [2.75, 3.05) is 31.5 Å². The normalized spacial score (nSPS) is 15.2. The van der Waals surface area contributed by atoms with Crippen LogP contribution in [0.3, 0.4) is 0 Å². The van der Waals surface area contributed by atoms with Crippen LogP contribution < -0.4 is 5.32 Å². The minimum atomic E-state index is -0.100. The number of carbonyl (C=O) groups is 1. The van der Waals surface area contributed by atoms with Crippen molar-refractivity contribution in [2.24, 2.45) is 0 Å². The Balaban J connectivity index is 1.32. The molecule has 146 valence electrons. The summed E-state index contributed by atoms with van der Waals surface area (Å²) in [5, 5.41) is 3.57. The van der Waals surface area contributed by atoms with E-state index in [-0.39, 0.29) is 6.03 Å². The van der Waals surface area contributed by atoms with Crippen LogP contribution in [-0.2, 0) is 6.54 Å². The Morgan fingerprint density at radius 1 is 1.14 bits per heavy atom. The van der Waals surface area contributed by atoms with Crippen molar-refractivity contribution in [3.8, 4) is 0 Å². The van der Waals surface area contributed by atoms with E-state index >= 15 is 0 Å². The van der Waals surface area contributed by atoms with Gasteiger partial charge in [0.05, 0.1) is 6.54 Å². The number of hydrogen-bond donors (Lipinski definition) is 1. The first-order valence-corrected chi connectivity index (χ1v) is 9.76. The molecular formula is C21H23ClN4O2. The minimum Gasteiger partial charge on any atom is -0.439 e. The maximum absolute atomic E-state index is 12.5. The first kappa shape index (κ1) is 18.8. The van der Waals surface area contributed by atoms with E-state index in [2.05, 4.69) is 15.2 Å². The highest BCUT2D eigenvalue weighted by molar-refractivity contribution is 6.31. The van der Waals surface area contributed by atoms with Crippen molar-refractivity contribution in [1.29, 1.82) is 0 Å². The highest BCUT2D eigenvalue weighted by atomic mass is 35.5. The van der Waals surface area contributed by atoms with Crippen LogP contribution in [-0.4, -0.2) is 47.0 Å². The maximum Gasteiger partial charge on any atom is 0.321 e. The van der Waals surface area contributed by atoms with Crippen molar-refractivity contribution in [3.05, 3.63) is 58.4 Å². The highest BCUT2D eigenvalue weighted by Gasteiger charge is 2.22. The number of fused-ring (bicyclic) bond motifs is 1. The molecule has 1 aliphatic rings. The monoisotopic (exact) mass is 398 g/mol. The van der Waals surface area contributed by atoms with Gasteiger partial charge in [0.25, 0.3) is 0 Å². The highest BCUT2D eigenvalue weighted by Crippen LogP contribution is 2.21. The molecule has 0 saturated carbocycles. The molecule has 0 aliphatic carbocycles. The second-order valence-corrected chi connectivity index (χ2v) is 7.64. The third-order valence-electron chi connectivity index (χ3n) is 5.03. The van der Waals surface area contributed by atoms with Gasteiger partial charge in [-0.25, -0.2) is 9.78 Å². The zero-order valence-electron chi connectivity index (χ0n) is 16.0. The van der Waals surface area contributed by atoms with Crippen molar-refractivity contribution in [2.45, 2.75) is 20.4 Å². The number of anilines is 1. The first-order valence-electron chi connectivity index (χ1n) is 9.38. The lowest BCUT2D eigenvalue weighted by Crippen LogP contribution is -2.49. The summed E-state index contributed by atoms with van der Waals surface area (Å²) >= 11 is 6.13. The molecule has 1 N–H and O–H groups in total. The van der Waals surface area contributed by atoms with E-state index in [1.165, 1.54) is 5.56 Å². The van der Waals surface area contributed by atoms with Crippen molar-refractivity contribution >= 4 is 34.4 Å². The molecule has 1 aromatic heterocycles. The Hall–Kier alpha value is -2.57. The van der Waals surface area contributed by atoms with Gasteiger partial charge in [0.1, 0.15) is 5.52 Å². The Labute approximate surface area is 169 Å². The molecule has 0 spiro atoms. The molecule has 0 atom stereocenters. The number of oxazole rings is 1. The molecular weight excluding hydrogens is 376 g/mol. The van der Waals surface area contributed by atoms with Crippen LogP contribution in [0.1, 0.15) is 17.0 Å². The lowest BCUT2D eigenvalue weighted by Gasteiger charge is -2.34. The van der Waals surface area contributed by atoms with Gasteiger partial charge in [0.15, 0.2) is 5.58 Å². The van der Waals surface area contributed by atoms with E-state index in [0.717, 1.165) is 29.8 Å². The molecule has 4 rings (SSSR count). The SMILES string of the molecule is Cc1ccc2oc(CN3CCN(C(=O)Nc4ccc(C)c(Cl)c4)CC3)nc2c1. The summed E-state index contributed by atoms with van der Waals surface area (Å²) in [6, 6.07) is 11.5. The average Bonchev–Trinajstić information content (AvgIpc) is 3.06. The van der Waals surface area contributed by atoms with Crippen LogP contribution in [0, 0.1) is 13.8 Å². The Morgan fingerprint density at radius 3 is 2.68 bits per heavy atom. The molecule has 0 radical (unpaired) electrons. The lowest BCUT2D eigenvalue weighted by molar-refractivity contribution is 0.136. The fraction of sp³-hybridized carbons (Fsp3) is 0.333. The summed E-state index contributed by atoms with van der Waals surface area (Å²) in [5.41, 5.74) is 4.58. The Morgan fingerprint density at radius 2 is 1.93 bits per heavy atom. The average molecular weight is 399 g/mol. The van der Waals surface area contributed by atoms with Gasteiger partial charge in [-0.3, -0.25) is 4.90 Å². The molecule has 6 nitrogen and oxygen atoms in total. The molecule has 1 fully saturated rings. The predicted octanol–water partition coefficient (Wildman–Crippen LogP) is 4.45. The third kappa shape index (κ3) is 4.13. The Kier molecular flexibility index (Phi) is 5.24. The number of carbonyl (C=O) groups excluding carboxylic acids is 1. The number of benzene rings is 2. The summed E-state index contributed by atoms with van der Waals surface area (Å²) < 4.78 is 5.84. The number of nitrogens with one attached hydrogen (secondary N) is 1. The molecule has 7 heteroatoms. The van der Waals surface area contributed by atoms with E-state index in [0.29, 0.717) is 36.2 Å². The van der Waals surface area contributed by atoms with Crippen LogP contribution in [0.15, 0.2) is 40.8 Å². The second-order valence-electron chi connectivity index (χ2n) is 7.24. The fourth-order valence-electron chi connectivity index (χ4n) is 3.33. The summed E-state index contributed by atoms with van der Waals surface area (Å²) in [4.78, 5) is 21.2. The molecule has 2 aromatic carbocycles. The molecule has 2 heterocycles. The standard InChI is InChI=1S/C21H23ClN4O2/c1-14-3-6-19-18(11-14)24-20(28-19)13-25-7-9-26(10-8-25)21(27)23-16-5-4-15(2)17(22)12-16/h3-6,11-12H,7-10,13H2,1-2H3,(H,23,27). The molecule has 1 saturated heterocycles. The van der Waals surface area contributed by atoms with Crippen LogP contribution in [0.4, 0.5) is 10.5 Å². The zero-order chi connectivity index (χ0) is 19.7. The van der Waals surface area contributed by atoms with Gasteiger partial charge in [-0.15, -0.1) is 0 Å². The van der Waals surface area contributed by atoms with E-state index in [1.807, 2.05) is 49.1 Å². The molecule has 2 amide bonds. The maximum atomic E-state index is 12.5. The first-order chi connectivity index (χ1) is 13.5. The summed E-state index contributed by atoms with van der Waals surface area (Å²) in [6.45, 7) is 7.50. The molecule has 3 aromatic rings. The van der Waals surface area contributed by atoms with Gasteiger partial charge in [0.2, 0.25) is 5.89 Å². The van der Waals surface area contributed by atoms with Gasteiger partial charge < -0.3 is 14.6 Å². The third-order valence-corrected chi connectivity index (χ3v) is 5.44. The molecule has 28 heavy (non-hydrogen) atoms. The summed E-state index contributed by atoms with van der Waals surface area (Å²) in [7, 11) is 0. The van der Waals surface area contributed by atoms with Gasteiger partial charge >= 0.3 is 6.03 Å². The molecule has 0 unspecified atom stereocenters. The van der Waals surface area contributed by atoms with Crippen molar-refractivity contribution in [3.63, 3.8) is 0 Å². The van der Waals surface area contributed by atoms with E-state index in [1.54, 1.807) is 6.07 Å². The summed E-state index contributed by atoms with van der Waals surface area (Å²) in [5.74, 6) is 0.716. The van der Waals surface area contributed by atoms with E-state index in [4.69, 9.17) is 16.0 Å². The van der Waals surface area contributed by atoms with Crippen LogP contribution in [0.2, 0.25) is 5.02 Å². The number of rotatable bonds is 3. The molecule has 1 aliphatic heterocycles. The van der Waals surface area contributed by atoms with E-state index in [9.17, 15) is 4.79 Å². The lowest BCUT2D eigenvalue weighted by atomic mass is 10.2. The molecule has 0 bridgehead atoms. The van der Waals surface area contributed by atoms with Gasteiger partial charge in [-0.05, 0) is 49.2 Å². The number of aromatic nitrogens is 1. The van der Waals surface area contributed by atoms with Gasteiger partial charge in [-0.1, -0.05) is 23.7 Å². The topological polar surface area (TPSA) is 61.6 Å². The summed E-state index contributed by atoms with van der Waals surface area (Å²) in [6.07, 6.45) is 0. The number of aryl methyl sites for hydroxylation is 2. The number of nitrogens with zero attached hydrogens (tertiary/aromatic N) is 3. The van der Waals surface area contributed by atoms with Crippen LogP contribution in [0.25, 0.3) is 11.1 Å². The van der Waals surface area contributed by atoms with E-state index < -0.39 is 0 Å². The van der Waals surface area contributed by atoms with Crippen molar-refractivity contribution in [1.82, 2.24) is 14.8 Å². The predicted molar refractivity (Wildman–Crippen MR) is 111 cm³/mol. The number of piperazine rings is 1. The zero-order valence-corrected chi connectivity index (χ0v) is 16.8. The van der Waals surface area contributed by atoms with Crippen molar-refractivity contribution < 1.29 is 9.21 Å². The van der Waals surface area contributed by atoms with Gasteiger partial charge in [0, 0.05) is 36.9 Å². The van der Waals surface area contributed by atoms with Crippen LogP contribution in [0.5, 0.6) is 0 Å². The number of urea groups is 1. The number of amides is 2. The number of halogens is 1. The number of hydrogen-bond acceptors (Lipinski definition) is 4. The largest absolute Gasteiger partial charge is 0.439 e.